The lowest BCUT2D eigenvalue weighted by Crippen LogP contribution is -2.23. The minimum Gasteiger partial charge on any atom is -0.489 e. The standard InChI is InChI=1S/C23H24N2O2S/c26-23(12-14-28-18-21-9-4-5-13-24-21)25-16-19-7-6-8-20(15-19)17-27-22-10-2-1-3-11-22/h1-11,13,15H,12,14,16-18H2,(H,25,26). The summed E-state index contributed by atoms with van der Waals surface area (Å²) in [6.07, 6.45) is 2.30. The fraction of sp³-hybridized carbons (Fsp3) is 0.217. The van der Waals surface area contributed by atoms with Gasteiger partial charge in [-0.05, 0) is 35.4 Å². The Balaban J connectivity index is 1.36. The number of rotatable bonds is 10. The summed E-state index contributed by atoms with van der Waals surface area (Å²) in [6, 6.07) is 23.8. The van der Waals surface area contributed by atoms with Gasteiger partial charge in [0.2, 0.25) is 5.91 Å². The molecule has 0 radical (unpaired) electrons. The molecule has 1 amide bonds. The lowest BCUT2D eigenvalue weighted by atomic mass is 10.1. The maximum Gasteiger partial charge on any atom is 0.221 e. The molecule has 0 aliphatic heterocycles. The fourth-order valence-electron chi connectivity index (χ4n) is 2.63. The summed E-state index contributed by atoms with van der Waals surface area (Å²) in [5.41, 5.74) is 3.20. The second-order valence-electron chi connectivity index (χ2n) is 6.32. The predicted molar refractivity (Wildman–Crippen MR) is 114 cm³/mol. The quantitative estimate of drug-likeness (QED) is 0.512. The van der Waals surface area contributed by atoms with Crippen molar-refractivity contribution in [1.82, 2.24) is 10.3 Å². The van der Waals surface area contributed by atoms with Gasteiger partial charge in [-0.1, -0.05) is 48.5 Å². The highest BCUT2D eigenvalue weighted by atomic mass is 32.2. The van der Waals surface area contributed by atoms with E-state index in [1.165, 1.54) is 0 Å². The molecule has 3 rings (SSSR count). The number of benzene rings is 2. The van der Waals surface area contributed by atoms with Gasteiger partial charge in [-0.25, -0.2) is 0 Å². The predicted octanol–water partition coefficient (Wildman–Crippen LogP) is 4.60. The molecule has 0 spiro atoms. The average molecular weight is 393 g/mol. The van der Waals surface area contributed by atoms with Gasteiger partial charge in [0.05, 0.1) is 5.69 Å². The second-order valence-corrected chi connectivity index (χ2v) is 7.43. The van der Waals surface area contributed by atoms with Crippen LogP contribution < -0.4 is 10.1 Å². The van der Waals surface area contributed by atoms with E-state index in [2.05, 4.69) is 16.4 Å². The molecule has 0 fully saturated rings. The molecule has 0 unspecified atom stereocenters. The van der Waals surface area contributed by atoms with Gasteiger partial charge in [0.15, 0.2) is 0 Å². The van der Waals surface area contributed by atoms with Crippen LogP contribution in [-0.2, 0) is 23.7 Å². The number of ether oxygens (including phenoxy) is 1. The number of hydrogen-bond acceptors (Lipinski definition) is 4. The van der Waals surface area contributed by atoms with Crippen LogP contribution >= 0.6 is 11.8 Å². The van der Waals surface area contributed by atoms with E-state index < -0.39 is 0 Å². The molecular formula is C23H24N2O2S. The van der Waals surface area contributed by atoms with Gasteiger partial charge in [0, 0.05) is 30.7 Å². The Labute approximate surface area is 170 Å². The number of carbonyl (C=O) groups is 1. The molecule has 0 atom stereocenters. The minimum absolute atomic E-state index is 0.0689. The molecule has 1 heterocycles. The lowest BCUT2D eigenvalue weighted by molar-refractivity contribution is -0.120. The molecule has 5 heteroatoms. The molecule has 0 saturated heterocycles. The summed E-state index contributed by atoms with van der Waals surface area (Å²) in [4.78, 5) is 16.3. The Kier molecular flexibility index (Phi) is 7.94. The third-order valence-electron chi connectivity index (χ3n) is 4.08. The molecule has 4 nitrogen and oxygen atoms in total. The van der Waals surface area contributed by atoms with E-state index in [-0.39, 0.29) is 5.91 Å². The zero-order valence-electron chi connectivity index (χ0n) is 15.7. The first-order chi connectivity index (χ1) is 13.8. The Morgan fingerprint density at radius 3 is 2.61 bits per heavy atom. The summed E-state index contributed by atoms with van der Waals surface area (Å²) in [5.74, 6) is 2.54. The molecule has 0 saturated carbocycles. The normalized spacial score (nSPS) is 10.4. The highest BCUT2D eigenvalue weighted by molar-refractivity contribution is 7.98. The van der Waals surface area contributed by atoms with Gasteiger partial charge in [0.1, 0.15) is 12.4 Å². The van der Waals surface area contributed by atoms with Gasteiger partial charge in [-0.3, -0.25) is 9.78 Å². The van der Waals surface area contributed by atoms with Crippen LogP contribution in [0, 0.1) is 0 Å². The van der Waals surface area contributed by atoms with E-state index in [1.54, 1.807) is 18.0 Å². The Hall–Kier alpha value is -2.79. The third-order valence-corrected chi connectivity index (χ3v) is 5.07. The first kappa shape index (κ1) is 20.0. The summed E-state index contributed by atoms with van der Waals surface area (Å²) in [5, 5.41) is 2.99. The number of pyridine rings is 1. The molecule has 1 aromatic heterocycles. The largest absolute Gasteiger partial charge is 0.489 e. The monoisotopic (exact) mass is 392 g/mol. The number of hydrogen-bond donors (Lipinski definition) is 1. The number of amides is 1. The molecule has 1 N–H and O–H groups in total. The summed E-state index contributed by atoms with van der Waals surface area (Å²) < 4.78 is 5.78. The topological polar surface area (TPSA) is 51.2 Å². The van der Waals surface area contributed by atoms with Gasteiger partial charge in [-0.15, -0.1) is 0 Å². The van der Waals surface area contributed by atoms with Crippen molar-refractivity contribution in [3.05, 3.63) is 95.8 Å². The van der Waals surface area contributed by atoms with E-state index in [4.69, 9.17) is 4.74 Å². The van der Waals surface area contributed by atoms with Gasteiger partial charge in [0.25, 0.3) is 0 Å². The summed E-state index contributed by atoms with van der Waals surface area (Å²) >= 11 is 1.72. The zero-order chi connectivity index (χ0) is 19.4. The smallest absolute Gasteiger partial charge is 0.221 e. The van der Waals surface area contributed by atoms with Crippen LogP contribution in [0.15, 0.2) is 79.0 Å². The van der Waals surface area contributed by atoms with Crippen LogP contribution in [0.25, 0.3) is 0 Å². The van der Waals surface area contributed by atoms with Crippen LogP contribution in [0.2, 0.25) is 0 Å². The number of aromatic nitrogens is 1. The van der Waals surface area contributed by atoms with Crippen molar-refractivity contribution in [3.8, 4) is 5.75 Å². The highest BCUT2D eigenvalue weighted by Crippen LogP contribution is 2.13. The summed E-state index contributed by atoms with van der Waals surface area (Å²) in [6.45, 7) is 1.04. The Morgan fingerprint density at radius 1 is 0.964 bits per heavy atom. The van der Waals surface area contributed by atoms with Crippen LogP contribution in [0.1, 0.15) is 23.2 Å². The minimum atomic E-state index is 0.0689. The molecule has 28 heavy (non-hydrogen) atoms. The second kappa shape index (κ2) is 11.1. The van der Waals surface area contributed by atoms with Crippen molar-refractivity contribution in [1.29, 1.82) is 0 Å². The molecule has 144 valence electrons. The van der Waals surface area contributed by atoms with E-state index in [0.717, 1.165) is 34.1 Å². The van der Waals surface area contributed by atoms with Gasteiger partial charge < -0.3 is 10.1 Å². The molecule has 2 aromatic carbocycles. The van der Waals surface area contributed by atoms with E-state index in [1.807, 2.05) is 66.7 Å². The van der Waals surface area contributed by atoms with Crippen molar-refractivity contribution in [2.45, 2.75) is 25.3 Å². The maximum atomic E-state index is 12.1. The van der Waals surface area contributed by atoms with Crippen LogP contribution in [0.4, 0.5) is 0 Å². The summed E-state index contributed by atoms with van der Waals surface area (Å²) in [7, 11) is 0. The number of nitrogens with one attached hydrogen (secondary N) is 1. The Morgan fingerprint density at radius 2 is 1.79 bits per heavy atom. The van der Waals surface area contributed by atoms with E-state index >= 15 is 0 Å². The van der Waals surface area contributed by atoms with Crippen LogP contribution in [-0.4, -0.2) is 16.6 Å². The van der Waals surface area contributed by atoms with Crippen molar-refractivity contribution < 1.29 is 9.53 Å². The fourth-order valence-corrected chi connectivity index (χ4v) is 3.48. The number of nitrogens with zero attached hydrogens (tertiary/aromatic N) is 1. The van der Waals surface area contributed by atoms with Gasteiger partial charge >= 0.3 is 0 Å². The third kappa shape index (κ3) is 7.08. The maximum absolute atomic E-state index is 12.1. The molecule has 0 bridgehead atoms. The highest BCUT2D eigenvalue weighted by Gasteiger charge is 2.03. The number of para-hydroxylation sites is 1. The van der Waals surface area contributed by atoms with E-state index in [9.17, 15) is 4.79 Å². The van der Waals surface area contributed by atoms with Gasteiger partial charge in [-0.2, -0.15) is 11.8 Å². The van der Waals surface area contributed by atoms with Crippen molar-refractivity contribution >= 4 is 17.7 Å². The molecular weight excluding hydrogens is 368 g/mol. The average Bonchev–Trinajstić information content (AvgIpc) is 2.76. The lowest BCUT2D eigenvalue weighted by Gasteiger charge is -2.09. The molecule has 0 aliphatic rings. The molecule has 3 aromatic rings. The zero-order valence-corrected chi connectivity index (χ0v) is 16.5. The van der Waals surface area contributed by atoms with E-state index in [0.29, 0.717) is 19.6 Å². The Bertz CT molecular complexity index is 857. The first-order valence-corrected chi connectivity index (χ1v) is 10.4. The van der Waals surface area contributed by atoms with Crippen molar-refractivity contribution in [3.63, 3.8) is 0 Å². The first-order valence-electron chi connectivity index (χ1n) is 9.29. The van der Waals surface area contributed by atoms with Crippen LogP contribution in [0.5, 0.6) is 5.75 Å². The van der Waals surface area contributed by atoms with Crippen molar-refractivity contribution in [2.24, 2.45) is 0 Å². The van der Waals surface area contributed by atoms with Crippen LogP contribution in [0.3, 0.4) is 0 Å². The van der Waals surface area contributed by atoms with Crippen molar-refractivity contribution in [2.75, 3.05) is 5.75 Å². The SMILES string of the molecule is O=C(CCSCc1ccccn1)NCc1cccc(COc2ccccc2)c1. The number of thioether (sulfide) groups is 1. The molecule has 0 aliphatic carbocycles. The number of carbonyl (C=O) groups excluding carboxylic acids is 1.